The third-order valence-electron chi connectivity index (χ3n) is 17.5. The van der Waals surface area contributed by atoms with Crippen molar-refractivity contribution in [2.45, 2.75) is 204 Å². The van der Waals surface area contributed by atoms with Gasteiger partial charge < -0.3 is 20.9 Å². The minimum Gasteiger partial charge on any atom is -0.481 e. The summed E-state index contributed by atoms with van der Waals surface area (Å²) in [5.74, 6) is 3.31. The van der Waals surface area contributed by atoms with Gasteiger partial charge in [-0.1, -0.05) is 106 Å². The Kier molecular flexibility index (Phi) is 14.3. The van der Waals surface area contributed by atoms with Gasteiger partial charge in [0.2, 0.25) is 0 Å². The summed E-state index contributed by atoms with van der Waals surface area (Å²) in [5.41, 5.74) is 15.9. The topological polar surface area (TPSA) is 96.9 Å². The van der Waals surface area contributed by atoms with Gasteiger partial charge in [-0.25, -0.2) is 0 Å². The SMILES string of the molecule is CC/C=C1/CC2(CC(=NCC)OC(CC)c3ccc(C(C)C)cc3)CCC3C(N)(CCC4C5(C)CCC(N/C(=C/CC)CC(C)(C)C(=O)O)C(C)C5CCC34C)C2=C1C(C)C. The second-order valence-electron chi connectivity index (χ2n) is 22.5. The molecule has 0 aliphatic heterocycles. The van der Waals surface area contributed by atoms with Crippen LogP contribution in [-0.4, -0.2) is 35.1 Å². The zero-order valence-electron chi connectivity index (χ0n) is 41.0. The van der Waals surface area contributed by atoms with Crippen LogP contribution in [0.15, 0.2) is 63.8 Å². The number of benzene rings is 1. The molecule has 10 unspecified atom stereocenters. The van der Waals surface area contributed by atoms with Gasteiger partial charge in [0, 0.05) is 42.1 Å². The number of carbonyl (C=O) groups is 1. The average molecular weight is 838 g/mol. The number of aliphatic imine (C=N–C) groups is 1. The van der Waals surface area contributed by atoms with Gasteiger partial charge in [0.15, 0.2) is 5.90 Å². The van der Waals surface area contributed by atoms with Crippen molar-refractivity contribution in [3.05, 3.63) is 70.0 Å². The third-order valence-corrected chi connectivity index (χ3v) is 17.5. The molecule has 1 aromatic rings. The number of nitrogens with zero attached hydrogens (tertiary/aromatic N) is 1. The number of rotatable bonds is 15. The van der Waals surface area contributed by atoms with E-state index in [-0.39, 0.29) is 27.9 Å². The van der Waals surface area contributed by atoms with Gasteiger partial charge in [0.05, 0.1) is 5.41 Å². The monoisotopic (exact) mass is 838 g/mol. The lowest BCUT2D eigenvalue weighted by atomic mass is 9.36. The maximum absolute atomic E-state index is 12.1. The molecule has 5 aliphatic rings. The molecule has 0 aromatic heterocycles. The van der Waals surface area contributed by atoms with E-state index < -0.39 is 11.4 Å². The number of allylic oxidation sites excluding steroid dienone is 5. The molecule has 0 saturated heterocycles. The Balaban J connectivity index is 1.31. The van der Waals surface area contributed by atoms with Crippen LogP contribution in [0, 0.1) is 51.2 Å². The molecule has 0 bridgehead atoms. The van der Waals surface area contributed by atoms with E-state index in [4.69, 9.17) is 15.5 Å². The maximum Gasteiger partial charge on any atom is 0.309 e. The molecule has 61 heavy (non-hydrogen) atoms. The van der Waals surface area contributed by atoms with Crippen molar-refractivity contribution in [2.75, 3.05) is 6.54 Å². The smallest absolute Gasteiger partial charge is 0.309 e. The molecule has 1 aromatic carbocycles. The average Bonchev–Trinajstić information content (AvgIpc) is 3.53. The van der Waals surface area contributed by atoms with E-state index in [1.165, 1.54) is 42.4 Å². The molecule has 4 fully saturated rings. The van der Waals surface area contributed by atoms with E-state index in [9.17, 15) is 9.90 Å². The van der Waals surface area contributed by atoms with Crippen LogP contribution >= 0.6 is 0 Å². The first-order valence-corrected chi connectivity index (χ1v) is 25.0. The van der Waals surface area contributed by atoms with Crippen molar-refractivity contribution in [3.63, 3.8) is 0 Å². The lowest BCUT2D eigenvalue weighted by Crippen LogP contribution is -2.69. The van der Waals surface area contributed by atoms with Crippen LogP contribution in [0.25, 0.3) is 0 Å². The van der Waals surface area contributed by atoms with E-state index in [0.29, 0.717) is 54.5 Å². The Bertz CT molecular complexity index is 1850. The summed E-state index contributed by atoms with van der Waals surface area (Å²) >= 11 is 0. The first kappa shape index (κ1) is 47.6. The van der Waals surface area contributed by atoms with E-state index >= 15 is 0 Å². The number of carboxylic acid groups (broad SMARTS) is 1. The van der Waals surface area contributed by atoms with Crippen LogP contribution in [0.1, 0.15) is 203 Å². The Morgan fingerprint density at radius 1 is 0.918 bits per heavy atom. The number of ether oxygens (including phenoxy) is 1. The highest BCUT2D eigenvalue weighted by Gasteiger charge is 2.68. The van der Waals surface area contributed by atoms with Crippen molar-refractivity contribution < 1.29 is 14.6 Å². The fourth-order valence-corrected chi connectivity index (χ4v) is 14.7. The molecule has 6 nitrogen and oxygen atoms in total. The molecule has 6 rings (SSSR count). The predicted molar refractivity (Wildman–Crippen MR) is 256 cm³/mol. The van der Waals surface area contributed by atoms with Gasteiger partial charge >= 0.3 is 5.97 Å². The Hall–Kier alpha value is -2.86. The molecule has 4 N–H and O–H groups in total. The van der Waals surface area contributed by atoms with Crippen LogP contribution < -0.4 is 11.1 Å². The Labute approximate surface area is 372 Å². The summed E-state index contributed by atoms with van der Waals surface area (Å²) in [6, 6.07) is 9.46. The summed E-state index contributed by atoms with van der Waals surface area (Å²) in [6.07, 6.45) is 19.3. The van der Waals surface area contributed by atoms with Crippen LogP contribution in [0.3, 0.4) is 0 Å². The molecule has 0 radical (unpaired) electrons. The fourth-order valence-electron chi connectivity index (χ4n) is 14.7. The van der Waals surface area contributed by atoms with Crippen molar-refractivity contribution in [2.24, 2.45) is 62.0 Å². The van der Waals surface area contributed by atoms with Gasteiger partial charge in [0.1, 0.15) is 6.10 Å². The fraction of sp³-hybridized carbons (Fsp3) is 0.745. The van der Waals surface area contributed by atoms with Gasteiger partial charge in [-0.05, 0) is 172 Å². The first-order chi connectivity index (χ1) is 28.7. The zero-order chi connectivity index (χ0) is 44.7. The maximum atomic E-state index is 12.1. The molecule has 0 amide bonds. The van der Waals surface area contributed by atoms with E-state index in [0.717, 1.165) is 69.4 Å². The summed E-state index contributed by atoms with van der Waals surface area (Å²) in [4.78, 5) is 17.3. The molecule has 10 atom stereocenters. The number of fused-ring (bicyclic) bond motifs is 7. The van der Waals surface area contributed by atoms with Crippen LogP contribution in [0.4, 0.5) is 0 Å². The Morgan fingerprint density at radius 3 is 2.16 bits per heavy atom. The van der Waals surface area contributed by atoms with Crippen LogP contribution in [0.5, 0.6) is 0 Å². The van der Waals surface area contributed by atoms with Gasteiger partial charge in [-0.15, -0.1) is 0 Å². The van der Waals surface area contributed by atoms with Gasteiger partial charge in [0.25, 0.3) is 0 Å². The standard InChI is InChI=1S/C55H87N3O3/c1-14-18-40-32-54(34-47(57-17-4)61-44(16-3)39-22-20-38(21-23-39)35(5)6)30-26-46-53(13)28-24-42-37(9)43(58-41(19-15-2)33-51(10,11)50(59)60)25-29-52(42,12)45(53)27-31-55(46,56)49(54)48(40)36(7)8/h18-23,35-37,42-46,58H,14-17,24-34,56H2,1-13H3,(H,59,60)/b40-18-,41-19+,57-47?. The number of carboxylic acids is 1. The molecule has 5 aliphatic carbocycles. The highest BCUT2D eigenvalue weighted by atomic mass is 16.5. The molecule has 4 saturated carbocycles. The molecular formula is C55H87N3O3. The highest BCUT2D eigenvalue weighted by molar-refractivity contribution is 5.79. The number of hydrogen-bond donors (Lipinski definition) is 3. The molecule has 0 heterocycles. The number of nitrogens with two attached hydrogens (primary N) is 1. The van der Waals surface area contributed by atoms with Gasteiger partial charge in [-0.3, -0.25) is 9.79 Å². The zero-order valence-corrected chi connectivity index (χ0v) is 41.0. The lowest BCUT2D eigenvalue weighted by molar-refractivity contribution is -0.170. The van der Waals surface area contributed by atoms with E-state index in [1.54, 1.807) is 11.1 Å². The minimum absolute atomic E-state index is 0.0288. The quantitative estimate of drug-likeness (QED) is 0.121. The summed E-state index contributed by atoms with van der Waals surface area (Å²) in [5, 5.41) is 13.9. The van der Waals surface area contributed by atoms with Gasteiger partial charge in [-0.2, -0.15) is 0 Å². The number of aliphatic carboxylic acids is 1. The van der Waals surface area contributed by atoms with E-state index in [1.807, 2.05) is 13.8 Å². The van der Waals surface area contributed by atoms with Crippen LogP contribution in [0.2, 0.25) is 0 Å². The minimum atomic E-state index is -0.797. The number of nitrogens with one attached hydrogen (secondary N) is 1. The molecule has 6 heteroatoms. The van der Waals surface area contributed by atoms with Crippen molar-refractivity contribution in [1.82, 2.24) is 5.32 Å². The second-order valence-corrected chi connectivity index (χ2v) is 22.5. The lowest BCUT2D eigenvalue weighted by Gasteiger charge is -2.69. The summed E-state index contributed by atoms with van der Waals surface area (Å²) in [6.45, 7) is 30.4. The molecule has 0 spiro atoms. The van der Waals surface area contributed by atoms with Crippen LogP contribution in [-0.2, 0) is 9.53 Å². The van der Waals surface area contributed by atoms with Crippen molar-refractivity contribution in [3.8, 4) is 0 Å². The largest absolute Gasteiger partial charge is 0.481 e. The second kappa shape index (κ2) is 18.3. The number of hydrogen-bond acceptors (Lipinski definition) is 5. The summed E-state index contributed by atoms with van der Waals surface area (Å²) in [7, 11) is 0. The first-order valence-electron chi connectivity index (χ1n) is 25.0. The molecular weight excluding hydrogens is 751 g/mol. The predicted octanol–water partition coefficient (Wildman–Crippen LogP) is 13.9. The normalized spacial score (nSPS) is 35.5. The van der Waals surface area contributed by atoms with Crippen molar-refractivity contribution >= 4 is 11.9 Å². The highest BCUT2D eigenvalue weighted by Crippen LogP contribution is 2.73. The Morgan fingerprint density at radius 2 is 1.57 bits per heavy atom. The third kappa shape index (κ3) is 8.72. The van der Waals surface area contributed by atoms with Crippen molar-refractivity contribution in [1.29, 1.82) is 0 Å². The molecule has 340 valence electrons. The van der Waals surface area contributed by atoms with E-state index in [2.05, 4.69) is 118 Å². The summed E-state index contributed by atoms with van der Waals surface area (Å²) < 4.78 is 7.09.